The smallest absolute Gasteiger partial charge is 0.306 e. The number of ether oxygens (including phenoxy) is 3. The summed E-state index contributed by atoms with van der Waals surface area (Å²) in [6, 6.07) is 0. The number of esters is 3. The fourth-order valence-electron chi connectivity index (χ4n) is 9.90. The van der Waals surface area contributed by atoms with Crippen molar-refractivity contribution in [2.75, 3.05) is 13.2 Å². The molecule has 0 bridgehead atoms. The minimum Gasteiger partial charge on any atom is -0.462 e. The van der Waals surface area contributed by atoms with E-state index in [0.29, 0.717) is 19.3 Å². The van der Waals surface area contributed by atoms with Crippen molar-refractivity contribution >= 4 is 17.9 Å². The van der Waals surface area contributed by atoms with Gasteiger partial charge in [-0.3, -0.25) is 14.4 Å². The highest BCUT2D eigenvalue weighted by Gasteiger charge is 2.19. The van der Waals surface area contributed by atoms with Gasteiger partial charge in [0.1, 0.15) is 13.2 Å². The van der Waals surface area contributed by atoms with Crippen LogP contribution in [0.5, 0.6) is 0 Å². The van der Waals surface area contributed by atoms with Gasteiger partial charge in [0.25, 0.3) is 0 Å². The second kappa shape index (κ2) is 68.8. The van der Waals surface area contributed by atoms with Crippen LogP contribution in [-0.2, 0) is 28.6 Å². The standard InChI is InChI=1S/C75H130O6/c1-4-7-10-13-16-19-22-25-28-30-32-33-34-35-36-37-38-39-40-41-42-44-45-47-50-53-56-59-62-65-68-74(77)80-71-72(70-79-73(76)67-64-61-58-55-52-49-27-24-21-18-15-12-9-6-3)81-75(78)69-66-63-60-57-54-51-48-46-43-31-29-26-23-20-17-14-11-8-5-2/h8,11,15,17-18,20,24,26-27,29,43,46,51,54,60,63,72H,4-7,9-10,12-14,16,19,21-23,25,28,30-42,44-45,47-50,52-53,55-59,61-62,64-71H2,1-3H3/b11-8-,18-15-,20-17-,27-24-,29-26-,46-43-,54-51-,63-60-. The molecule has 0 aliphatic carbocycles. The minimum absolute atomic E-state index is 0.110. The zero-order chi connectivity index (χ0) is 58.5. The summed E-state index contributed by atoms with van der Waals surface area (Å²) >= 11 is 0. The molecular formula is C75H130O6. The van der Waals surface area contributed by atoms with Gasteiger partial charge in [-0.25, -0.2) is 0 Å². The van der Waals surface area contributed by atoms with Crippen LogP contribution in [0, 0.1) is 0 Å². The second-order valence-electron chi connectivity index (χ2n) is 23.1. The molecule has 0 N–H and O–H groups in total. The Kier molecular flexibility index (Phi) is 65.7. The summed E-state index contributed by atoms with van der Waals surface area (Å²) in [7, 11) is 0. The van der Waals surface area contributed by atoms with E-state index in [-0.39, 0.29) is 31.6 Å². The van der Waals surface area contributed by atoms with Crippen molar-refractivity contribution in [3.8, 4) is 0 Å². The van der Waals surface area contributed by atoms with Crippen molar-refractivity contribution in [3.63, 3.8) is 0 Å². The van der Waals surface area contributed by atoms with Crippen LogP contribution in [0.1, 0.15) is 342 Å². The monoisotopic (exact) mass is 1130 g/mol. The molecule has 0 aliphatic heterocycles. The molecule has 0 spiro atoms. The molecule has 0 amide bonds. The maximum Gasteiger partial charge on any atom is 0.306 e. The lowest BCUT2D eigenvalue weighted by Gasteiger charge is -2.18. The number of carbonyl (C=O) groups excluding carboxylic acids is 3. The number of allylic oxidation sites excluding steroid dienone is 16. The SMILES string of the molecule is CC/C=C\C/C=C\C/C=C\C/C=C\C/C=C\C/C=C\CCC(=O)OC(COC(=O)CCCCCCC/C=C\C/C=C\CCCC)COC(=O)CCCCCCCCCCCCCCCCCCCCCCCCCCCCCCCC. The van der Waals surface area contributed by atoms with Gasteiger partial charge in [-0.1, -0.05) is 336 Å². The third-order valence-electron chi connectivity index (χ3n) is 15.1. The Hall–Kier alpha value is -3.67. The summed E-state index contributed by atoms with van der Waals surface area (Å²) in [4.78, 5) is 38.3. The molecular weight excluding hydrogens is 997 g/mol. The van der Waals surface area contributed by atoms with Crippen molar-refractivity contribution in [3.05, 3.63) is 97.2 Å². The molecule has 0 aromatic heterocycles. The fraction of sp³-hybridized carbons (Fsp3) is 0.747. The Morgan fingerprint density at radius 3 is 0.840 bits per heavy atom. The summed E-state index contributed by atoms with van der Waals surface area (Å²) in [5.41, 5.74) is 0. The Morgan fingerprint density at radius 2 is 0.519 bits per heavy atom. The lowest BCUT2D eigenvalue weighted by molar-refractivity contribution is -0.166. The molecule has 0 saturated heterocycles. The van der Waals surface area contributed by atoms with Gasteiger partial charge in [0.05, 0.1) is 0 Å². The molecule has 0 radical (unpaired) electrons. The predicted octanol–water partition coefficient (Wildman–Crippen LogP) is 24.0. The van der Waals surface area contributed by atoms with Crippen LogP contribution in [0.3, 0.4) is 0 Å². The molecule has 81 heavy (non-hydrogen) atoms. The van der Waals surface area contributed by atoms with E-state index in [1.54, 1.807) is 0 Å². The van der Waals surface area contributed by atoms with Gasteiger partial charge >= 0.3 is 17.9 Å². The Bertz CT molecular complexity index is 1580. The van der Waals surface area contributed by atoms with Crippen molar-refractivity contribution in [1.29, 1.82) is 0 Å². The second-order valence-corrected chi connectivity index (χ2v) is 23.1. The highest BCUT2D eigenvalue weighted by atomic mass is 16.6. The first-order valence-corrected chi connectivity index (χ1v) is 34.7. The van der Waals surface area contributed by atoms with Gasteiger partial charge in [-0.2, -0.15) is 0 Å². The van der Waals surface area contributed by atoms with E-state index in [4.69, 9.17) is 14.2 Å². The van der Waals surface area contributed by atoms with Gasteiger partial charge < -0.3 is 14.2 Å². The molecule has 0 aromatic carbocycles. The Balaban J connectivity index is 4.29. The Labute approximate surface area is 502 Å². The number of rotatable bonds is 63. The first-order chi connectivity index (χ1) is 40.0. The van der Waals surface area contributed by atoms with Crippen LogP contribution in [0.4, 0.5) is 0 Å². The lowest BCUT2D eigenvalue weighted by Crippen LogP contribution is -2.30. The first kappa shape index (κ1) is 77.3. The van der Waals surface area contributed by atoms with Crippen LogP contribution < -0.4 is 0 Å². The van der Waals surface area contributed by atoms with Gasteiger partial charge in [-0.05, 0) is 83.5 Å². The molecule has 466 valence electrons. The van der Waals surface area contributed by atoms with E-state index in [2.05, 4.69) is 112 Å². The molecule has 0 aliphatic rings. The first-order valence-electron chi connectivity index (χ1n) is 34.7. The maximum atomic E-state index is 12.9. The predicted molar refractivity (Wildman–Crippen MR) is 353 cm³/mol. The molecule has 0 saturated carbocycles. The fourth-order valence-corrected chi connectivity index (χ4v) is 9.90. The van der Waals surface area contributed by atoms with Crippen LogP contribution >= 0.6 is 0 Å². The zero-order valence-corrected chi connectivity index (χ0v) is 53.5. The van der Waals surface area contributed by atoms with E-state index in [1.165, 1.54) is 193 Å². The van der Waals surface area contributed by atoms with Crippen molar-refractivity contribution in [2.24, 2.45) is 0 Å². The number of unbranched alkanes of at least 4 members (excludes halogenated alkanes) is 36. The summed E-state index contributed by atoms with van der Waals surface area (Å²) in [6.07, 6.45) is 93.2. The molecule has 6 nitrogen and oxygen atoms in total. The summed E-state index contributed by atoms with van der Waals surface area (Å²) < 4.78 is 16.9. The lowest BCUT2D eigenvalue weighted by atomic mass is 10.0. The van der Waals surface area contributed by atoms with Gasteiger partial charge in [-0.15, -0.1) is 0 Å². The number of hydrogen-bond donors (Lipinski definition) is 0. The third-order valence-corrected chi connectivity index (χ3v) is 15.1. The molecule has 1 unspecified atom stereocenters. The Morgan fingerprint density at radius 1 is 0.259 bits per heavy atom. The average molecular weight is 1130 g/mol. The topological polar surface area (TPSA) is 78.9 Å². The minimum atomic E-state index is -0.825. The van der Waals surface area contributed by atoms with E-state index in [0.717, 1.165) is 103 Å². The van der Waals surface area contributed by atoms with Crippen LogP contribution in [0.2, 0.25) is 0 Å². The zero-order valence-electron chi connectivity index (χ0n) is 53.5. The van der Waals surface area contributed by atoms with E-state index < -0.39 is 12.1 Å². The van der Waals surface area contributed by atoms with Crippen LogP contribution in [0.15, 0.2) is 97.2 Å². The third kappa shape index (κ3) is 67.0. The quantitative estimate of drug-likeness (QED) is 0.0261. The summed E-state index contributed by atoms with van der Waals surface area (Å²) in [5.74, 6) is -0.997. The highest BCUT2D eigenvalue weighted by molar-refractivity contribution is 5.71. The van der Waals surface area contributed by atoms with Crippen LogP contribution in [0.25, 0.3) is 0 Å². The van der Waals surface area contributed by atoms with E-state index >= 15 is 0 Å². The molecule has 0 fully saturated rings. The number of hydrogen-bond acceptors (Lipinski definition) is 6. The average Bonchev–Trinajstić information content (AvgIpc) is 3.47. The molecule has 0 rings (SSSR count). The highest BCUT2D eigenvalue weighted by Crippen LogP contribution is 2.18. The van der Waals surface area contributed by atoms with Crippen molar-refractivity contribution in [1.82, 2.24) is 0 Å². The molecule has 1 atom stereocenters. The summed E-state index contributed by atoms with van der Waals surface area (Å²) in [5, 5.41) is 0. The van der Waals surface area contributed by atoms with E-state index in [9.17, 15) is 14.4 Å². The van der Waals surface area contributed by atoms with Crippen molar-refractivity contribution < 1.29 is 28.6 Å². The van der Waals surface area contributed by atoms with Crippen LogP contribution in [-0.4, -0.2) is 37.2 Å². The molecule has 0 heterocycles. The van der Waals surface area contributed by atoms with Gasteiger partial charge in [0, 0.05) is 19.3 Å². The molecule has 0 aromatic rings. The largest absolute Gasteiger partial charge is 0.462 e. The maximum absolute atomic E-state index is 12.9. The van der Waals surface area contributed by atoms with Crippen molar-refractivity contribution in [2.45, 2.75) is 348 Å². The van der Waals surface area contributed by atoms with Gasteiger partial charge in [0.2, 0.25) is 0 Å². The van der Waals surface area contributed by atoms with E-state index in [1.807, 2.05) is 6.08 Å². The normalized spacial score (nSPS) is 12.7. The molecule has 6 heteroatoms. The summed E-state index contributed by atoms with van der Waals surface area (Å²) in [6.45, 7) is 6.45. The number of carbonyl (C=O) groups is 3. The van der Waals surface area contributed by atoms with Gasteiger partial charge in [0.15, 0.2) is 6.10 Å².